The summed E-state index contributed by atoms with van der Waals surface area (Å²) in [5, 5.41) is 0. The molecular formula is C21H28N2O4. The highest BCUT2D eigenvalue weighted by atomic mass is 16.5. The molecule has 1 unspecified atom stereocenters. The van der Waals surface area contributed by atoms with Crippen LogP contribution in [0.2, 0.25) is 0 Å². The molecule has 0 aromatic heterocycles. The molecule has 146 valence electrons. The summed E-state index contributed by atoms with van der Waals surface area (Å²) in [6.45, 7) is 1.95. The molecular weight excluding hydrogens is 344 g/mol. The fraction of sp³-hybridized carbons (Fsp3) is 0.571. The fourth-order valence-electron chi connectivity index (χ4n) is 4.37. The number of carbonyl (C=O) groups is 3. The summed E-state index contributed by atoms with van der Waals surface area (Å²) >= 11 is 0. The van der Waals surface area contributed by atoms with E-state index in [4.69, 9.17) is 0 Å². The molecule has 2 amide bonds. The smallest absolute Gasteiger partial charge is 0.305 e. The largest absolute Gasteiger partial charge is 0.469 e. The molecule has 0 N–H and O–H groups in total. The number of methoxy groups -OCH3 is 1. The molecule has 1 aromatic carbocycles. The van der Waals surface area contributed by atoms with E-state index < -0.39 is 5.54 Å². The third-order valence-corrected chi connectivity index (χ3v) is 5.71. The number of amides is 2. The van der Waals surface area contributed by atoms with Crippen molar-refractivity contribution in [3.63, 3.8) is 0 Å². The number of ether oxygens (including phenoxy) is 1. The van der Waals surface area contributed by atoms with E-state index in [1.807, 2.05) is 35.2 Å². The van der Waals surface area contributed by atoms with Crippen LogP contribution in [-0.4, -0.2) is 53.3 Å². The minimum Gasteiger partial charge on any atom is -0.469 e. The van der Waals surface area contributed by atoms with Crippen LogP contribution in [0.1, 0.15) is 50.5 Å². The van der Waals surface area contributed by atoms with Crippen molar-refractivity contribution >= 4 is 17.8 Å². The number of esters is 1. The van der Waals surface area contributed by atoms with E-state index in [0.29, 0.717) is 19.5 Å². The molecule has 0 bridgehead atoms. The zero-order valence-corrected chi connectivity index (χ0v) is 16.0. The predicted molar refractivity (Wildman–Crippen MR) is 101 cm³/mol. The van der Waals surface area contributed by atoms with Gasteiger partial charge in [0.2, 0.25) is 11.8 Å². The SMILES string of the molecule is COC(=O)CCCC(=O)N1CCCC12CCCN(Cc1ccccc1)C2=O. The van der Waals surface area contributed by atoms with Crippen molar-refractivity contribution in [2.45, 2.75) is 57.0 Å². The van der Waals surface area contributed by atoms with Crippen molar-refractivity contribution in [3.05, 3.63) is 35.9 Å². The van der Waals surface area contributed by atoms with E-state index in [-0.39, 0.29) is 30.6 Å². The van der Waals surface area contributed by atoms with Crippen LogP contribution in [0.3, 0.4) is 0 Å². The number of nitrogens with zero attached hydrogens (tertiary/aromatic N) is 2. The summed E-state index contributed by atoms with van der Waals surface area (Å²) in [6, 6.07) is 9.98. The number of piperidine rings is 1. The molecule has 2 heterocycles. The summed E-state index contributed by atoms with van der Waals surface area (Å²) in [5.41, 5.74) is 0.423. The molecule has 1 spiro atoms. The first-order valence-electron chi connectivity index (χ1n) is 9.77. The van der Waals surface area contributed by atoms with Gasteiger partial charge in [-0.3, -0.25) is 14.4 Å². The first kappa shape index (κ1) is 19.4. The molecule has 1 atom stereocenters. The lowest BCUT2D eigenvalue weighted by molar-refractivity contribution is -0.156. The van der Waals surface area contributed by atoms with Gasteiger partial charge in [0.1, 0.15) is 5.54 Å². The van der Waals surface area contributed by atoms with Gasteiger partial charge in [0.15, 0.2) is 0 Å². The number of benzene rings is 1. The average molecular weight is 372 g/mol. The molecule has 0 radical (unpaired) electrons. The van der Waals surface area contributed by atoms with E-state index in [1.165, 1.54) is 7.11 Å². The molecule has 1 aromatic rings. The third-order valence-electron chi connectivity index (χ3n) is 5.71. The highest BCUT2D eigenvalue weighted by Crippen LogP contribution is 2.39. The first-order valence-corrected chi connectivity index (χ1v) is 9.77. The second-order valence-corrected chi connectivity index (χ2v) is 7.43. The van der Waals surface area contributed by atoms with Crippen LogP contribution in [-0.2, 0) is 25.7 Å². The van der Waals surface area contributed by atoms with Gasteiger partial charge in [-0.25, -0.2) is 0 Å². The van der Waals surface area contributed by atoms with Crippen molar-refractivity contribution in [2.75, 3.05) is 20.2 Å². The zero-order chi connectivity index (χ0) is 19.3. The molecule has 2 aliphatic rings. The van der Waals surface area contributed by atoms with Crippen LogP contribution in [0, 0.1) is 0 Å². The van der Waals surface area contributed by atoms with E-state index in [1.54, 1.807) is 4.90 Å². The van der Waals surface area contributed by atoms with Gasteiger partial charge in [0.25, 0.3) is 0 Å². The normalized spacial score (nSPS) is 22.3. The molecule has 2 aliphatic heterocycles. The predicted octanol–water partition coefficient (Wildman–Crippen LogP) is 2.51. The maximum absolute atomic E-state index is 13.4. The molecule has 0 saturated carbocycles. The van der Waals surface area contributed by atoms with Gasteiger partial charge in [-0.05, 0) is 37.7 Å². The quantitative estimate of drug-likeness (QED) is 0.720. The highest BCUT2D eigenvalue weighted by Gasteiger charge is 2.52. The van der Waals surface area contributed by atoms with E-state index in [0.717, 1.165) is 37.8 Å². The Morgan fingerprint density at radius 1 is 1.07 bits per heavy atom. The van der Waals surface area contributed by atoms with Crippen LogP contribution in [0.15, 0.2) is 30.3 Å². The minimum absolute atomic E-state index is 0.0219. The number of hydrogen-bond donors (Lipinski definition) is 0. The average Bonchev–Trinajstić information content (AvgIpc) is 3.10. The maximum atomic E-state index is 13.4. The van der Waals surface area contributed by atoms with Gasteiger partial charge in [-0.2, -0.15) is 0 Å². The van der Waals surface area contributed by atoms with Crippen LogP contribution in [0.5, 0.6) is 0 Å². The van der Waals surface area contributed by atoms with Crippen LogP contribution in [0.25, 0.3) is 0 Å². The van der Waals surface area contributed by atoms with Crippen LogP contribution >= 0.6 is 0 Å². The Labute approximate surface area is 160 Å². The molecule has 0 aliphatic carbocycles. The zero-order valence-electron chi connectivity index (χ0n) is 16.0. The lowest BCUT2D eigenvalue weighted by Crippen LogP contribution is -2.61. The Morgan fingerprint density at radius 3 is 2.48 bits per heavy atom. The van der Waals surface area contributed by atoms with Crippen molar-refractivity contribution in [1.82, 2.24) is 9.80 Å². The van der Waals surface area contributed by atoms with Gasteiger partial charge in [-0.1, -0.05) is 30.3 Å². The summed E-state index contributed by atoms with van der Waals surface area (Å²) in [7, 11) is 1.35. The maximum Gasteiger partial charge on any atom is 0.305 e. The van der Waals surface area contributed by atoms with Gasteiger partial charge in [-0.15, -0.1) is 0 Å². The van der Waals surface area contributed by atoms with Gasteiger partial charge >= 0.3 is 5.97 Å². The van der Waals surface area contributed by atoms with E-state index in [2.05, 4.69) is 4.74 Å². The molecule has 3 rings (SSSR count). The number of hydrogen-bond acceptors (Lipinski definition) is 4. The summed E-state index contributed by atoms with van der Waals surface area (Å²) < 4.78 is 4.63. The monoisotopic (exact) mass is 372 g/mol. The lowest BCUT2D eigenvalue weighted by Gasteiger charge is -2.44. The van der Waals surface area contributed by atoms with Crippen molar-refractivity contribution in [2.24, 2.45) is 0 Å². The summed E-state index contributed by atoms with van der Waals surface area (Å²) in [6.07, 6.45) is 4.21. The topological polar surface area (TPSA) is 66.9 Å². The Kier molecular flexibility index (Phi) is 6.14. The second-order valence-electron chi connectivity index (χ2n) is 7.43. The molecule has 6 nitrogen and oxygen atoms in total. The van der Waals surface area contributed by atoms with E-state index in [9.17, 15) is 14.4 Å². The number of likely N-dealkylation sites (tertiary alicyclic amines) is 2. The molecule has 2 saturated heterocycles. The first-order chi connectivity index (χ1) is 13.1. The van der Waals surface area contributed by atoms with Gasteiger partial charge in [0, 0.05) is 32.5 Å². The molecule has 27 heavy (non-hydrogen) atoms. The summed E-state index contributed by atoms with van der Waals surface area (Å²) in [4.78, 5) is 41.1. The highest BCUT2D eigenvalue weighted by molar-refractivity contribution is 5.92. The lowest BCUT2D eigenvalue weighted by atomic mass is 9.85. The van der Waals surface area contributed by atoms with Crippen LogP contribution < -0.4 is 0 Å². The number of rotatable bonds is 6. The Balaban J connectivity index is 1.67. The fourth-order valence-corrected chi connectivity index (χ4v) is 4.37. The third kappa shape index (κ3) is 4.15. The molecule has 2 fully saturated rings. The Morgan fingerprint density at radius 2 is 1.78 bits per heavy atom. The standard InChI is InChI=1S/C21H28N2O4/c1-27-19(25)11-5-10-18(24)23-15-7-13-21(23)12-6-14-22(20(21)26)16-17-8-3-2-4-9-17/h2-4,8-9H,5-7,10-16H2,1H3. The van der Waals surface area contributed by atoms with Gasteiger partial charge in [0.05, 0.1) is 7.11 Å². The van der Waals surface area contributed by atoms with Crippen LogP contribution in [0.4, 0.5) is 0 Å². The van der Waals surface area contributed by atoms with Gasteiger partial charge < -0.3 is 14.5 Å². The van der Waals surface area contributed by atoms with Crippen molar-refractivity contribution in [3.8, 4) is 0 Å². The Bertz CT molecular complexity index is 691. The Hall–Kier alpha value is -2.37. The van der Waals surface area contributed by atoms with Crippen molar-refractivity contribution in [1.29, 1.82) is 0 Å². The summed E-state index contributed by atoms with van der Waals surface area (Å²) in [5.74, 6) is -0.246. The minimum atomic E-state index is -0.685. The van der Waals surface area contributed by atoms with E-state index >= 15 is 0 Å². The molecule has 6 heteroatoms. The number of carbonyl (C=O) groups excluding carboxylic acids is 3. The second kappa shape index (κ2) is 8.55. The van der Waals surface area contributed by atoms with Crippen molar-refractivity contribution < 1.29 is 19.1 Å².